The van der Waals surface area contributed by atoms with E-state index in [-0.39, 0.29) is 5.88 Å². The number of carboxylic acids is 1. The van der Waals surface area contributed by atoms with Crippen molar-refractivity contribution in [2.75, 3.05) is 6.61 Å². The van der Waals surface area contributed by atoms with Gasteiger partial charge < -0.3 is 9.84 Å². The van der Waals surface area contributed by atoms with E-state index in [1.807, 2.05) is 31.2 Å². The van der Waals surface area contributed by atoms with Gasteiger partial charge in [0.2, 0.25) is 5.88 Å². The predicted molar refractivity (Wildman–Crippen MR) is 96.9 cm³/mol. The summed E-state index contributed by atoms with van der Waals surface area (Å²) in [6.07, 6.45) is 0. The van der Waals surface area contributed by atoms with Crippen molar-refractivity contribution in [2.24, 2.45) is 0 Å². The van der Waals surface area contributed by atoms with E-state index in [1.165, 1.54) is 0 Å². The van der Waals surface area contributed by atoms with Crippen LogP contribution in [0.1, 0.15) is 5.56 Å². The van der Waals surface area contributed by atoms with Gasteiger partial charge >= 0.3 is 5.97 Å². The lowest BCUT2D eigenvalue weighted by atomic mass is 10.1. The third-order valence-electron chi connectivity index (χ3n) is 3.52. The largest absolute Gasteiger partial charge is 0.479 e. The summed E-state index contributed by atoms with van der Waals surface area (Å²) in [5.41, 5.74) is 3.37. The fourth-order valence-corrected chi connectivity index (χ4v) is 2.82. The van der Waals surface area contributed by atoms with Crippen LogP contribution in [0.5, 0.6) is 5.88 Å². The number of hydrogen-bond acceptors (Lipinski definition) is 3. The van der Waals surface area contributed by atoms with Crippen LogP contribution in [0.3, 0.4) is 0 Å². The number of nitrogens with zero attached hydrogens (tertiary/aromatic N) is 2. The minimum Gasteiger partial charge on any atom is -0.479 e. The molecule has 7 heteroatoms. The zero-order chi connectivity index (χ0) is 18.0. The summed E-state index contributed by atoms with van der Waals surface area (Å²) < 4.78 is 6.83. The van der Waals surface area contributed by atoms with Gasteiger partial charge in [-0.05, 0) is 25.1 Å². The Morgan fingerprint density at radius 1 is 1.16 bits per heavy atom. The zero-order valence-electron chi connectivity index (χ0n) is 13.2. The summed E-state index contributed by atoms with van der Waals surface area (Å²) in [4.78, 5) is 10.7. The Hall–Kier alpha value is -2.50. The van der Waals surface area contributed by atoms with E-state index in [4.69, 9.17) is 33.0 Å². The number of carbonyl (C=O) groups is 1. The molecule has 1 N–H and O–H groups in total. The number of aliphatic carboxylic acids is 1. The molecule has 25 heavy (non-hydrogen) atoms. The van der Waals surface area contributed by atoms with Gasteiger partial charge in [-0.3, -0.25) is 0 Å². The molecule has 0 unspecified atom stereocenters. The van der Waals surface area contributed by atoms with Crippen LogP contribution in [0.4, 0.5) is 0 Å². The highest BCUT2D eigenvalue weighted by Crippen LogP contribution is 2.31. The van der Waals surface area contributed by atoms with Crippen molar-refractivity contribution in [1.82, 2.24) is 9.78 Å². The van der Waals surface area contributed by atoms with E-state index in [9.17, 15) is 4.79 Å². The number of rotatable bonds is 5. The fourth-order valence-electron chi connectivity index (χ4n) is 2.33. The van der Waals surface area contributed by atoms with Crippen molar-refractivity contribution in [3.63, 3.8) is 0 Å². The first-order valence-electron chi connectivity index (χ1n) is 7.41. The molecule has 5 nitrogen and oxygen atoms in total. The van der Waals surface area contributed by atoms with Gasteiger partial charge in [-0.15, -0.1) is 5.10 Å². The first kappa shape index (κ1) is 17.3. The third kappa shape index (κ3) is 3.95. The van der Waals surface area contributed by atoms with Crippen LogP contribution in [0.2, 0.25) is 10.0 Å². The summed E-state index contributed by atoms with van der Waals surface area (Å²) >= 11 is 12.3. The molecule has 0 spiro atoms. The van der Waals surface area contributed by atoms with Gasteiger partial charge in [-0.2, -0.15) is 0 Å². The second kappa shape index (κ2) is 7.17. The first-order chi connectivity index (χ1) is 11.9. The van der Waals surface area contributed by atoms with E-state index < -0.39 is 12.6 Å². The summed E-state index contributed by atoms with van der Waals surface area (Å²) in [5.74, 6) is -0.875. The first-order valence-corrected chi connectivity index (χ1v) is 8.17. The van der Waals surface area contributed by atoms with Gasteiger partial charge in [-0.1, -0.05) is 53.0 Å². The molecule has 2 aromatic carbocycles. The van der Waals surface area contributed by atoms with Crippen LogP contribution in [-0.4, -0.2) is 27.5 Å². The smallest absolute Gasteiger partial charge is 0.341 e. The Labute approximate surface area is 154 Å². The van der Waals surface area contributed by atoms with Crippen molar-refractivity contribution in [2.45, 2.75) is 6.92 Å². The molecule has 0 fully saturated rings. The van der Waals surface area contributed by atoms with Crippen LogP contribution in [0, 0.1) is 6.92 Å². The molecule has 1 heterocycles. The minimum absolute atomic E-state index is 0.198. The van der Waals surface area contributed by atoms with Crippen LogP contribution >= 0.6 is 23.2 Å². The molecular formula is C18H14Cl2N2O3. The Balaban J connectivity index is 2.10. The number of aromatic nitrogens is 2. The Kier molecular flexibility index (Phi) is 4.97. The molecule has 0 bridgehead atoms. The van der Waals surface area contributed by atoms with Gasteiger partial charge in [0.15, 0.2) is 6.61 Å². The topological polar surface area (TPSA) is 64.3 Å². The van der Waals surface area contributed by atoms with Crippen LogP contribution in [0.15, 0.2) is 48.5 Å². The van der Waals surface area contributed by atoms with Crippen LogP contribution in [0.25, 0.3) is 16.9 Å². The zero-order valence-corrected chi connectivity index (χ0v) is 14.8. The highest BCUT2D eigenvalue weighted by atomic mass is 35.5. The number of aryl methyl sites for hydroxylation is 1. The molecule has 0 atom stereocenters. The van der Waals surface area contributed by atoms with Gasteiger partial charge in [0, 0.05) is 16.7 Å². The molecule has 128 valence electrons. The predicted octanol–water partition coefficient (Wildman–Crippen LogP) is 4.62. The number of carboxylic acid groups (broad SMARTS) is 1. The summed E-state index contributed by atoms with van der Waals surface area (Å²) in [5, 5.41) is 14.1. The van der Waals surface area contributed by atoms with Crippen molar-refractivity contribution >= 4 is 29.2 Å². The normalized spacial score (nSPS) is 10.7. The Morgan fingerprint density at radius 2 is 1.88 bits per heavy atom. The monoisotopic (exact) mass is 376 g/mol. The number of hydrogen-bond donors (Lipinski definition) is 1. The van der Waals surface area contributed by atoms with Crippen LogP contribution < -0.4 is 4.74 Å². The van der Waals surface area contributed by atoms with E-state index in [0.717, 1.165) is 16.8 Å². The summed E-state index contributed by atoms with van der Waals surface area (Å²) in [7, 11) is 0. The van der Waals surface area contributed by atoms with Crippen molar-refractivity contribution in [3.05, 3.63) is 64.1 Å². The van der Waals surface area contributed by atoms with E-state index in [2.05, 4.69) is 5.10 Å². The molecule has 3 rings (SSSR count). The molecule has 0 radical (unpaired) electrons. The maximum absolute atomic E-state index is 10.7. The van der Waals surface area contributed by atoms with Gasteiger partial charge in [0.1, 0.15) is 0 Å². The molecule has 0 saturated heterocycles. The maximum atomic E-state index is 10.7. The fraction of sp³-hybridized carbons (Fsp3) is 0.111. The van der Waals surface area contributed by atoms with Gasteiger partial charge in [-0.25, -0.2) is 9.48 Å². The lowest BCUT2D eigenvalue weighted by Gasteiger charge is -2.09. The van der Waals surface area contributed by atoms with E-state index in [0.29, 0.717) is 15.7 Å². The lowest BCUT2D eigenvalue weighted by Crippen LogP contribution is -2.10. The average Bonchev–Trinajstić information content (AvgIpc) is 2.97. The Morgan fingerprint density at radius 3 is 2.52 bits per heavy atom. The molecular weight excluding hydrogens is 363 g/mol. The van der Waals surface area contributed by atoms with Crippen molar-refractivity contribution < 1.29 is 14.6 Å². The highest BCUT2D eigenvalue weighted by Gasteiger charge is 2.15. The number of benzene rings is 2. The average molecular weight is 377 g/mol. The molecule has 3 aromatic rings. The molecule has 0 amide bonds. The quantitative estimate of drug-likeness (QED) is 0.705. The standard InChI is InChI=1S/C18H14Cl2N2O3/c1-11-2-4-12(5-3-11)16-9-17(25-10-18(23)24)21-22(16)15-7-6-13(19)8-14(15)20/h2-9H,10H2,1H3,(H,23,24). The molecule has 0 aliphatic rings. The molecule has 0 aliphatic heterocycles. The van der Waals surface area contributed by atoms with Crippen molar-refractivity contribution in [3.8, 4) is 22.8 Å². The van der Waals surface area contributed by atoms with E-state index >= 15 is 0 Å². The highest BCUT2D eigenvalue weighted by molar-refractivity contribution is 6.35. The summed E-state index contributed by atoms with van der Waals surface area (Å²) in [6, 6.07) is 14.6. The molecule has 1 aromatic heterocycles. The maximum Gasteiger partial charge on any atom is 0.341 e. The second-order valence-corrected chi connectivity index (χ2v) is 6.27. The van der Waals surface area contributed by atoms with E-state index in [1.54, 1.807) is 28.9 Å². The number of ether oxygens (including phenoxy) is 1. The van der Waals surface area contributed by atoms with Gasteiger partial charge in [0.05, 0.1) is 16.4 Å². The van der Waals surface area contributed by atoms with Crippen molar-refractivity contribution in [1.29, 1.82) is 0 Å². The minimum atomic E-state index is -1.07. The number of halogens is 2. The lowest BCUT2D eigenvalue weighted by molar-refractivity contribution is -0.139. The molecule has 0 aliphatic carbocycles. The second-order valence-electron chi connectivity index (χ2n) is 5.42. The van der Waals surface area contributed by atoms with Gasteiger partial charge in [0.25, 0.3) is 0 Å². The summed E-state index contributed by atoms with van der Waals surface area (Å²) in [6.45, 7) is 1.53. The van der Waals surface area contributed by atoms with Crippen LogP contribution in [-0.2, 0) is 4.79 Å². The third-order valence-corrected chi connectivity index (χ3v) is 4.05. The SMILES string of the molecule is Cc1ccc(-c2cc(OCC(=O)O)nn2-c2ccc(Cl)cc2Cl)cc1. The molecule has 0 saturated carbocycles. The Bertz CT molecular complexity index is 921.